The van der Waals surface area contributed by atoms with Gasteiger partial charge in [-0.3, -0.25) is 14.6 Å². The van der Waals surface area contributed by atoms with Crippen molar-refractivity contribution in [3.63, 3.8) is 0 Å². The second-order valence-electron chi connectivity index (χ2n) is 10.7. The predicted molar refractivity (Wildman–Crippen MR) is 144 cm³/mol. The zero-order chi connectivity index (χ0) is 26.1. The molecule has 2 aliphatic rings. The Morgan fingerprint density at radius 1 is 0.973 bits per heavy atom. The van der Waals surface area contributed by atoms with Crippen LogP contribution in [0.25, 0.3) is 0 Å². The van der Waals surface area contributed by atoms with Crippen molar-refractivity contribution in [3.05, 3.63) is 59.4 Å². The topological polar surface area (TPSA) is 68.7 Å². The van der Waals surface area contributed by atoms with Gasteiger partial charge in [0.15, 0.2) is 0 Å². The summed E-state index contributed by atoms with van der Waals surface area (Å²) >= 11 is 0. The summed E-state index contributed by atoms with van der Waals surface area (Å²) in [7, 11) is 0. The number of ether oxygens (including phenoxy) is 2. The maximum atomic E-state index is 13.1. The molecule has 1 saturated carbocycles. The smallest absolute Gasteiger partial charge is 0.309 e. The van der Waals surface area contributed by atoms with Crippen molar-refractivity contribution in [3.8, 4) is 5.75 Å². The molecule has 0 N–H and O–H groups in total. The number of aryl methyl sites for hydroxylation is 1. The van der Waals surface area contributed by atoms with Crippen molar-refractivity contribution >= 4 is 11.9 Å². The van der Waals surface area contributed by atoms with E-state index < -0.39 is 5.92 Å². The van der Waals surface area contributed by atoms with Crippen molar-refractivity contribution in [2.75, 3.05) is 26.3 Å². The zero-order valence-corrected chi connectivity index (χ0v) is 22.5. The number of likely N-dealkylation sites (tertiary alicyclic amines) is 1. The maximum absolute atomic E-state index is 13.1. The van der Waals surface area contributed by atoms with E-state index in [0.29, 0.717) is 25.0 Å². The second-order valence-corrected chi connectivity index (χ2v) is 10.7. The molecule has 4 rings (SSSR count). The van der Waals surface area contributed by atoms with E-state index in [2.05, 4.69) is 24.0 Å². The van der Waals surface area contributed by atoms with Crippen LogP contribution in [0.4, 0.5) is 0 Å². The number of carbonyl (C=O) groups excluding carboxylic acids is 2. The van der Waals surface area contributed by atoms with Gasteiger partial charge >= 0.3 is 5.97 Å². The van der Waals surface area contributed by atoms with Crippen molar-refractivity contribution < 1.29 is 19.1 Å². The standard InChI is InChI=1S/C31H42N2O4/c1-3-24-7-10-27(32-23-24)13-20-37-28-11-8-25(9-12-28)21-26(30(35)36-4-2)22-29(34)33-18-16-31(17-19-33)14-5-6-15-31/h7-12,23,26H,3-6,13-22H2,1-2H3. The Labute approximate surface area is 221 Å². The number of hydrogen-bond acceptors (Lipinski definition) is 5. The van der Waals surface area contributed by atoms with Crippen molar-refractivity contribution in [1.82, 2.24) is 9.88 Å². The Hall–Kier alpha value is -2.89. The number of pyridine rings is 1. The molecule has 1 unspecified atom stereocenters. The SMILES string of the molecule is CCOC(=O)C(CC(=O)N1CCC2(CCCC2)CC1)Cc1ccc(OCCc2ccc(CC)cn2)cc1. The normalized spacial score (nSPS) is 17.5. The molecule has 2 heterocycles. The lowest BCUT2D eigenvalue weighted by molar-refractivity contribution is -0.151. The Balaban J connectivity index is 1.28. The third-order valence-corrected chi connectivity index (χ3v) is 8.21. The van der Waals surface area contributed by atoms with Gasteiger partial charge in [-0.05, 0) is 80.2 Å². The average Bonchev–Trinajstić information content (AvgIpc) is 3.37. The van der Waals surface area contributed by atoms with Crippen LogP contribution in [-0.2, 0) is 33.6 Å². The summed E-state index contributed by atoms with van der Waals surface area (Å²) in [4.78, 5) is 32.3. The van der Waals surface area contributed by atoms with Crippen LogP contribution in [0.5, 0.6) is 5.75 Å². The minimum absolute atomic E-state index is 0.0754. The van der Waals surface area contributed by atoms with Crippen LogP contribution in [0.15, 0.2) is 42.6 Å². The summed E-state index contributed by atoms with van der Waals surface area (Å²) in [6.07, 6.45) is 11.8. The van der Waals surface area contributed by atoms with Crippen LogP contribution in [0, 0.1) is 11.3 Å². The Kier molecular flexibility index (Phi) is 9.59. The third-order valence-electron chi connectivity index (χ3n) is 8.21. The maximum Gasteiger partial charge on any atom is 0.309 e. The summed E-state index contributed by atoms with van der Waals surface area (Å²) in [5, 5.41) is 0. The summed E-state index contributed by atoms with van der Waals surface area (Å²) in [6, 6.07) is 12.0. The molecule has 1 aromatic heterocycles. The minimum atomic E-state index is -0.473. The van der Waals surface area contributed by atoms with Gasteiger partial charge in [-0.1, -0.05) is 38.0 Å². The highest BCUT2D eigenvalue weighted by Crippen LogP contribution is 2.46. The molecule has 1 saturated heterocycles. The van der Waals surface area contributed by atoms with E-state index >= 15 is 0 Å². The lowest BCUT2D eigenvalue weighted by Gasteiger charge is -2.39. The largest absolute Gasteiger partial charge is 0.493 e. The molecule has 6 nitrogen and oxygen atoms in total. The first-order chi connectivity index (χ1) is 18.0. The first kappa shape index (κ1) is 27.2. The molecule has 0 bridgehead atoms. The fraction of sp³-hybridized carbons (Fsp3) is 0.581. The van der Waals surface area contributed by atoms with E-state index in [9.17, 15) is 9.59 Å². The molecule has 37 heavy (non-hydrogen) atoms. The summed E-state index contributed by atoms with van der Waals surface area (Å²) in [5.41, 5.74) is 3.72. The summed E-state index contributed by atoms with van der Waals surface area (Å²) < 4.78 is 11.2. The van der Waals surface area contributed by atoms with Crippen LogP contribution in [-0.4, -0.2) is 48.1 Å². The van der Waals surface area contributed by atoms with Crippen molar-refractivity contribution in [2.24, 2.45) is 11.3 Å². The predicted octanol–water partition coefficient (Wildman–Crippen LogP) is 5.56. The molecule has 1 aliphatic heterocycles. The minimum Gasteiger partial charge on any atom is -0.493 e. The number of benzene rings is 1. The number of carbonyl (C=O) groups is 2. The van der Waals surface area contributed by atoms with E-state index in [4.69, 9.17) is 9.47 Å². The average molecular weight is 507 g/mol. The van der Waals surface area contributed by atoms with Crippen LogP contribution in [0.2, 0.25) is 0 Å². The first-order valence-electron chi connectivity index (χ1n) is 14.1. The van der Waals surface area contributed by atoms with E-state index in [1.54, 1.807) is 0 Å². The Morgan fingerprint density at radius 2 is 1.68 bits per heavy atom. The summed E-state index contributed by atoms with van der Waals surface area (Å²) in [6.45, 7) is 6.43. The molecule has 2 aromatic rings. The Morgan fingerprint density at radius 3 is 2.30 bits per heavy atom. The number of piperidine rings is 1. The second kappa shape index (κ2) is 13.1. The van der Waals surface area contributed by atoms with Gasteiger partial charge in [-0.15, -0.1) is 0 Å². The van der Waals surface area contributed by atoms with Gasteiger partial charge in [-0.25, -0.2) is 0 Å². The van der Waals surface area contributed by atoms with Crippen LogP contribution >= 0.6 is 0 Å². The fourth-order valence-corrected chi connectivity index (χ4v) is 5.79. The van der Waals surface area contributed by atoms with Crippen LogP contribution in [0.3, 0.4) is 0 Å². The van der Waals surface area contributed by atoms with Gasteiger partial charge < -0.3 is 14.4 Å². The van der Waals surface area contributed by atoms with Gasteiger partial charge in [0.25, 0.3) is 0 Å². The lowest BCUT2D eigenvalue weighted by Crippen LogP contribution is -2.43. The van der Waals surface area contributed by atoms with Crippen molar-refractivity contribution in [2.45, 2.75) is 78.1 Å². The Bertz CT molecular complexity index is 1000. The molecule has 1 amide bonds. The highest BCUT2D eigenvalue weighted by Gasteiger charge is 2.38. The molecular weight excluding hydrogens is 464 g/mol. The number of nitrogens with zero attached hydrogens (tertiary/aromatic N) is 2. The molecule has 1 spiro atoms. The van der Waals surface area contributed by atoms with Crippen LogP contribution < -0.4 is 4.74 Å². The number of rotatable bonds is 11. The zero-order valence-electron chi connectivity index (χ0n) is 22.5. The highest BCUT2D eigenvalue weighted by atomic mass is 16.5. The molecule has 0 radical (unpaired) electrons. The first-order valence-corrected chi connectivity index (χ1v) is 14.1. The summed E-state index contributed by atoms with van der Waals surface area (Å²) in [5.74, 6) is 0.0964. The number of esters is 1. The molecular formula is C31H42N2O4. The molecule has 1 atom stereocenters. The molecule has 200 valence electrons. The fourth-order valence-electron chi connectivity index (χ4n) is 5.79. The van der Waals surface area contributed by atoms with E-state index in [1.807, 2.05) is 42.3 Å². The van der Waals surface area contributed by atoms with Gasteiger partial charge in [-0.2, -0.15) is 0 Å². The number of aromatic nitrogens is 1. The lowest BCUT2D eigenvalue weighted by atomic mass is 9.77. The molecule has 1 aliphatic carbocycles. The molecule has 1 aromatic carbocycles. The van der Waals surface area contributed by atoms with E-state index in [0.717, 1.165) is 55.8 Å². The monoisotopic (exact) mass is 506 g/mol. The van der Waals surface area contributed by atoms with Gasteiger partial charge in [0, 0.05) is 37.8 Å². The van der Waals surface area contributed by atoms with Crippen LogP contribution in [0.1, 0.15) is 75.6 Å². The van der Waals surface area contributed by atoms with Crippen molar-refractivity contribution in [1.29, 1.82) is 0 Å². The quantitative estimate of drug-likeness (QED) is 0.373. The molecule has 6 heteroatoms. The highest BCUT2D eigenvalue weighted by molar-refractivity contribution is 5.83. The van der Waals surface area contributed by atoms with Gasteiger partial charge in [0.1, 0.15) is 5.75 Å². The number of amides is 1. The van der Waals surface area contributed by atoms with Gasteiger partial charge in [0.05, 0.1) is 19.1 Å². The van der Waals surface area contributed by atoms with Gasteiger partial charge in [0.2, 0.25) is 5.91 Å². The third kappa shape index (κ3) is 7.56. The number of hydrogen-bond donors (Lipinski definition) is 0. The van der Waals surface area contributed by atoms with E-state index in [-0.39, 0.29) is 18.3 Å². The van der Waals surface area contributed by atoms with E-state index in [1.165, 1.54) is 31.2 Å². The molecule has 2 fully saturated rings.